The Morgan fingerprint density at radius 1 is 1.18 bits per heavy atom. The zero-order valence-electron chi connectivity index (χ0n) is 23.5. The maximum atomic E-state index is 14.1. The third-order valence-electron chi connectivity index (χ3n) is 8.53. The van der Waals surface area contributed by atoms with Crippen molar-refractivity contribution in [3.63, 3.8) is 0 Å². The number of aromatic nitrogens is 2. The van der Waals surface area contributed by atoms with Gasteiger partial charge in [-0.05, 0) is 34.8 Å². The van der Waals surface area contributed by atoms with Crippen LogP contribution in [0.15, 0.2) is 30.7 Å². The number of hydrogen-bond acceptors (Lipinski definition) is 8. The van der Waals surface area contributed by atoms with Gasteiger partial charge in [0.05, 0.1) is 31.4 Å². The number of likely N-dealkylation sites (tertiary alicyclic amines) is 1. The van der Waals surface area contributed by atoms with Gasteiger partial charge in [-0.15, -0.1) is 0 Å². The maximum Gasteiger partial charge on any atom is 0.252 e. The van der Waals surface area contributed by atoms with Gasteiger partial charge < -0.3 is 25.0 Å². The van der Waals surface area contributed by atoms with E-state index in [-0.39, 0.29) is 29.8 Å². The molecule has 1 aliphatic carbocycles. The van der Waals surface area contributed by atoms with E-state index >= 15 is 0 Å². The van der Waals surface area contributed by atoms with Crippen LogP contribution in [0, 0.1) is 34.0 Å². The first-order valence-electron chi connectivity index (χ1n) is 13.6. The Morgan fingerprint density at radius 3 is 2.62 bits per heavy atom. The van der Waals surface area contributed by atoms with E-state index in [9.17, 15) is 19.6 Å². The molecule has 3 unspecified atom stereocenters. The number of fused-ring (bicyclic) bond motifs is 2. The number of rotatable bonds is 6. The number of amides is 3. The van der Waals surface area contributed by atoms with Crippen LogP contribution < -0.4 is 10.6 Å². The highest BCUT2D eigenvalue weighted by molar-refractivity contribution is 5.95. The summed E-state index contributed by atoms with van der Waals surface area (Å²) < 4.78 is 10.9. The Balaban J connectivity index is 1.39. The largest absolute Gasteiger partial charge is 0.376 e. The first-order chi connectivity index (χ1) is 18.9. The molecule has 0 bridgehead atoms. The van der Waals surface area contributed by atoms with Crippen LogP contribution >= 0.6 is 0 Å². The molecule has 3 aliphatic rings. The second-order valence-electron chi connectivity index (χ2n) is 12.5. The van der Waals surface area contributed by atoms with Crippen LogP contribution in [0.4, 0.5) is 0 Å². The highest BCUT2D eigenvalue weighted by Gasteiger charge is 2.69. The average Bonchev–Trinajstić information content (AvgIpc) is 3.25. The lowest BCUT2D eigenvalue weighted by Crippen LogP contribution is -2.61. The fourth-order valence-electron chi connectivity index (χ4n) is 6.14. The van der Waals surface area contributed by atoms with Crippen molar-refractivity contribution in [3.05, 3.63) is 36.3 Å². The lowest BCUT2D eigenvalue weighted by atomic mass is 9.85. The highest BCUT2D eigenvalue weighted by Crippen LogP contribution is 2.65. The number of carbonyl (C=O) groups is 3. The molecule has 0 radical (unpaired) electrons. The van der Waals surface area contributed by atoms with Crippen molar-refractivity contribution in [3.8, 4) is 6.07 Å². The summed E-state index contributed by atoms with van der Waals surface area (Å²) in [5.41, 5.74) is 0.307. The summed E-state index contributed by atoms with van der Waals surface area (Å²) in [4.78, 5) is 51.2. The SMILES string of the molecule is CC(C)(C)C(NC(=O)C1COCCO1)C(=O)N1C[C@H]2[C@@H]([C@H]1C(=O)NC(C#N)c1cncc3cccnc13)C2(C)C. The fourth-order valence-corrected chi connectivity index (χ4v) is 6.14. The van der Waals surface area contributed by atoms with Crippen molar-refractivity contribution in [2.24, 2.45) is 22.7 Å². The summed E-state index contributed by atoms with van der Waals surface area (Å²) >= 11 is 0. The summed E-state index contributed by atoms with van der Waals surface area (Å²) in [5, 5.41) is 16.5. The molecule has 6 atom stereocenters. The molecule has 11 nitrogen and oxygen atoms in total. The van der Waals surface area contributed by atoms with E-state index in [1.807, 2.05) is 26.8 Å². The molecule has 40 heavy (non-hydrogen) atoms. The number of ether oxygens (including phenoxy) is 2. The van der Waals surface area contributed by atoms with Gasteiger partial charge in [0.25, 0.3) is 5.91 Å². The molecule has 2 saturated heterocycles. The van der Waals surface area contributed by atoms with Crippen molar-refractivity contribution in [2.45, 2.75) is 58.8 Å². The number of nitrogens with one attached hydrogen (secondary N) is 2. The highest BCUT2D eigenvalue weighted by atomic mass is 16.6. The van der Waals surface area contributed by atoms with Crippen LogP contribution in [0.3, 0.4) is 0 Å². The Labute approximate surface area is 233 Å². The van der Waals surface area contributed by atoms with Crippen LogP contribution in [-0.4, -0.2) is 77.1 Å². The van der Waals surface area contributed by atoms with E-state index in [4.69, 9.17) is 9.47 Å². The Hall–Kier alpha value is -3.62. The Kier molecular flexibility index (Phi) is 7.27. The van der Waals surface area contributed by atoms with E-state index < -0.39 is 41.5 Å². The lowest BCUT2D eigenvalue weighted by molar-refractivity contribution is -0.153. The zero-order chi connectivity index (χ0) is 28.8. The minimum atomic E-state index is -1.00. The number of nitrogens with zero attached hydrogens (tertiary/aromatic N) is 4. The van der Waals surface area contributed by atoms with E-state index in [1.54, 1.807) is 23.4 Å². The first kappa shape index (κ1) is 27.9. The third-order valence-corrected chi connectivity index (χ3v) is 8.53. The number of piperidine rings is 1. The smallest absolute Gasteiger partial charge is 0.252 e. The topological polar surface area (TPSA) is 147 Å². The lowest BCUT2D eigenvalue weighted by Gasteiger charge is -2.38. The van der Waals surface area contributed by atoms with E-state index in [2.05, 4.69) is 40.5 Å². The molecule has 3 amide bonds. The van der Waals surface area contributed by atoms with E-state index in [1.165, 1.54) is 6.20 Å². The van der Waals surface area contributed by atoms with Crippen LogP contribution in [0.25, 0.3) is 10.9 Å². The van der Waals surface area contributed by atoms with Gasteiger partial charge in [0.1, 0.15) is 18.1 Å². The molecule has 3 fully saturated rings. The second kappa shape index (κ2) is 10.4. The molecule has 5 rings (SSSR count). The maximum absolute atomic E-state index is 14.1. The van der Waals surface area contributed by atoms with Gasteiger partial charge in [0, 0.05) is 36.1 Å². The summed E-state index contributed by atoms with van der Waals surface area (Å²) in [6.45, 7) is 11.0. The summed E-state index contributed by atoms with van der Waals surface area (Å²) in [7, 11) is 0. The quantitative estimate of drug-likeness (QED) is 0.555. The van der Waals surface area contributed by atoms with Gasteiger partial charge in [-0.3, -0.25) is 24.4 Å². The van der Waals surface area contributed by atoms with Gasteiger partial charge in [-0.1, -0.05) is 34.6 Å². The normalized spacial score (nSPS) is 26.8. The molecule has 1 saturated carbocycles. The molecule has 0 aromatic carbocycles. The van der Waals surface area contributed by atoms with Crippen LogP contribution in [0.2, 0.25) is 0 Å². The number of carbonyl (C=O) groups excluding carboxylic acids is 3. The summed E-state index contributed by atoms with van der Waals surface area (Å²) in [6, 6.07) is 3.12. The van der Waals surface area contributed by atoms with Crippen molar-refractivity contribution >= 4 is 28.6 Å². The molecule has 2 aromatic rings. The number of nitriles is 1. The summed E-state index contributed by atoms with van der Waals surface area (Å²) in [5.74, 6) is -1.08. The first-order valence-corrected chi connectivity index (χ1v) is 13.6. The minimum absolute atomic E-state index is 0.0639. The van der Waals surface area contributed by atoms with Crippen molar-refractivity contribution in [1.29, 1.82) is 5.26 Å². The molecular weight excluding hydrogens is 512 g/mol. The monoisotopic (exact) mass is 548 g/mol. The molecule has 212 valence electrons. The van der Waals surface area contributed by atoms with Crippen LogP contribution in [-0.2, 0) is 23.9 Å². The summed E-state index contributed by atoms with van der Waals surface area (Å²) in [6.07, 6.45) is 4.02. The van der Waals surface area contributed by atoms with E-state index in [0.717, 1.165) is 5.39 Å². The number of pyridine rings is 2. The Bertz CT molecular complexity index is 1350. The van der Waals surface area contributed by atoms with Gasteiger partial charge in [-0.2, -0.15) is 5.26 Å². The fraction of sp³-hybridized carbons (Fsp3) is 0.586. The van der Waals surface area contributed by atoms with Gasteiger partial charge in [0.15, 0.2) is 6.10 Å². The van der Waals surface area contributed by atoms with Crippen molar-refractivity contribution < 1.29 is 23.9 Å². The van der Waals surface area contributed by atoms with Gasteiger partial charge >= 0.3 is 0 Å². The molecular formula is C29H36N6O5. The minimum Gasteiger partial charge on any atom is -0.376 e. The number of hydrogen-bond donors (Lipinski definition) is 2. The predicted molar refractivity (Wildman–Crippen MR) is 144 cm³/mol. The van der Waals surface area contributed by atoms with Crippen LogP contribution in [0.1, 0.15) is 46.2 Å². The zero-order valence-corrected chi connectivity index (χ0v) is 23.5. The average molecular weight is 549 g/mol. The molecule has 2 N–H and O–H groups in total. The predicted octanol–water partition coefficient (Wildman–Crippen LogP) is 1.74. The molecule has 2 aromatic heterocycles. The van der Waals surface area contributed by atoms with Crippen LogP contribution in [0.5, 0.6) is 0 Å². The van der Waals surface area contributed by atoms with Crippen molar-refractivity contribution in [1.82, 2.24) is 25.5 Å². The second-order valence-corrected chi connectivity index (χ2v) is 12.5. The van der Waals surface area contributed by atoms with Crippen molar-refractivity contribution in [2.75, 3.05) is 26.4 Å². The van der Waals surface area contributed by atoms with Gasteiger partial charge in [-0.25, -0.2) is 0 Å². The third kappa shape index (κ3) is 5.02. The molecule has 11 heteroatoms. The standard InChI is InChI=1S/C29H36N6O5/c1-28(2,3)24(34-25(36)20-15-39-9-10-40-20)27(38)35-14-18-21(29(18,4)5)23(35)26(37)33-19(11-30)17-13-31-12-16-7-6-8-32-22(16)17/h6-8,12-13,18-21,23-24H,9-10,14-15H2,1-5H3,(H,33,37)(H,34,36)/t18-,19?,20?,21-,23-,24?/m0/s1. The molecule has 2 aliphatic heterocycles. The molecule has 4 heterocycles. The van der Waals surface area contributed by atoms with Gasteiger partial charge in [0.2, 0.25) is 11.8 Å². The molecule has 0 spiro atoms. The Morgan fingerprint density at radius 2 is 1.95 bits per heavy atom. The van der Waals surface area contributed by atoms with E-state index in [0.29, 0.717) is 30.8 Å².